The third-order valence-electron chi connectivity index (χ3n) is 3.19. The minimum Gasteiger partial charge on any atom is -0.394 e. The van der Waals surface area contributed by atoms with E-state index in [1.807, 2.05) is 6.92 Å². The summed E-state index contributed by atoms with van der Waals surface area (Å²) in [5.74, 6) is -0.225. The largest absolute Gasteiger partial charge is 0.394 e. The van der Waals surface area contributed by atoms with E-state index in [0.29, 0.717) is 11.4 Å². The Hall–Kier alpha value is -2.12. The van der Waals surface area contributed by atoms with Gasteiger partial charge >= 0.3 is 6.03 Å². The van der Waals surface area contributed by atoms with Crippen LogP contribution in [0.4, 0.5) is 15.0 Å². The van der Waals surface area contributed by atoms with Crippen molar-refractivity contribution in [1.29, 1.82) is 0 Å². The van der Waals surface area contributed by atoms with E-state index in [0.717, 1.165) is 5.69 Å². The summed E-state index contributed by atoms with van der Waals surface area (Å²) >= 11 is 5.61. The van der Waals surface area contributed by atoms with E-state index in [1.165, 1.54) is 18.2 Å². The fraction of sp³-hybridized carbons (Fsp3) is 0.286. The van der Waals surface area contributed by atoms with E-state index in [4.69, 9.17) is 11.6 Å². The number of aromatic nitrogens is 2. The van der Waals surface area contributed by atoms with E-state index < -0.39 is 17.9 Å². The molecule has 0 radical (unpaired) electrons. The van der Waals surface area contributed by atoms with E-state index in [1.54, 1.807) is 17.8 Å². The lowest BCUT2D eigenvalue weighted by Gasteiger charge is -2.17. The first-order valence-electron chi connectivity index (χ1n) is 6.54. The Balaban J connectivity index is 2.05. The van der Waals surface area contributed by atoms with Gasteiger partial charge in [0.1, 0.15) is 5.82 Å². The Labute approximate surface area is 131 Å². The average molecular weight is 327 g/mol. The monoisotopic (exact) mass is 326 g/mol. The molecule has 0 saturated heterocycles. The molecule has 2 rings (SSSR count). The summed E-state index contributed by atoms with van der Waals surface area (Å²) < 4.78 is 15.1. The lowest BCUT2D eigenvalue weighted by Crippen LogP contribution is -2.34. The third-order valence-corrected chi connectivity index (χ3v) is 3.50. The molecule has 1 aromatic carbocycles. The van der Waals surface area contributed by atoms with Gasteiger partial charge in [0.15, 0.2) is 5.82 Å². The van der Waals surface area contributed by atoms with Crippen molar-refractivity contribution in [2.45, 2.75) is 13.0 Å². The van der Waals surface area contributed by atoms with Gasteiger partial charge in [-0.2, -0.15) is 5.10 Å². The first-order valence-corrected chi connectivity index (χ1v) is 6.92. The van der Waals surface area contributed by atoms with Gasteiger partial charge in [0, 0.05) is 18.8 Å². The summed E-state index contributed by atoms with van der Waals surface area (Å²) in [6, 6.07) is 4.49. The number of halogens is 2. The maximum Gasteiger partial charge on any atom is 0.321 e. The molecule has 0 aliphatic rings. The minimum atomic E-state index is -0.753. The van der Waals surface area contributed by atoms with Gasteiger partial charge in [0.05, 0.1) is 17.7 Å². The van der Waals surface area contributed by atoms with Crippen molar-refractivity contribution in [1.82, 2.24) is 15.1 Å². The van der Waals surface area contributed by atoms with Gasteiger partial charge in [-0.1, -0.05) is 17.7 Å². The van der Waals surface area contributed by atoms with Gasteiger partial charge < -0.3 is 10.4 Å². The van der Waals surface area contributed by atoms with Crippen molar-refractivity contribution in [2.75, 3.05) is 11.9 Å². The summed E-state index contributed by atoms with van der Waals surface area (Å²) in [4.78, 5) is 11.9. The molecule has 0 fully saturated rings. The molecular formula is C14H16ClFN4O2. The second kappa shape index (κ2) is 6.76. The summed E-state index contributed by atoms with van der Waals surface area (Å²) in [7, 11) is 1.76. The molecule has 0 spiro atoms. The van der Waals surface area contributed by atoms with Gasteiger partial charge in [-0.05, 0) is 24.6 Å². The van der Waals surface area contributed by atoms with Crippen molar-refractivity contribution < 1.29 is 14.3 Å². The maximum absolute atomic E-state index is 13.5. The Bertz CT molecular complexity index is 670. The first-order chi connectivity index (χ1) is 10.4. The fourth-order valence-electron chi connectivity index (χ4n) is 1.90. The van der Waals surface area contributed by atoms with Gasteiger partial charge in [-0.3, -0.25) is 10.00 Å². The van der Waals surface area contributed by atoms with Crippen LogP contribution < -0.4 is 10.6 Å². The van der Waals surface area contributed by atoms with Crippen molar-refractivity contribution >= 4 is 23.4 Å². The quantitative estimate of drug-likeness (QED) is 0.807. The lowest BCUT2D eigenvalue weighted by atomic mass is 10.1. The van der Waals surface area contributed by atoms with E-state index in [2.05, 4.69) is 15.7 Å². The number of hydrogen-bond acceptors (Lipinski definition) is 3. The Morgan fingerprint density at radius 2 is 2.23 bits per heavy atom. The molecular weight excluding hydrogens is 311 g/mol. The van der Waals surface area contributed by atoms with Crippen molar-refractivity contribution in [3.63, 3.8) is 0 Å². The lowest BCUT2D eigenvalue weighted by molar-refractivity contribution is 0.225. The topological polar surface area (TPSA) is 79.2 Å². The molecule has 0 aliphatic carbocycles. The van der Waals surface area contributed by atoms with Gasteiger partial charge in [0.25, 0.3) is 0 Å². The molecule has 1 aromatic heterocycles. The third kappa shape index (κ3) is 3.75. The standard InChI is InChI=1S/C14H16ClFN4O2/c1-8-5-13(19-20(8)2)18-14(22)17-12(7-21)9-3-4-10(15)11(16)6-9/h3-6,12,21H,7H2,1-2H3,(H2,17,18,19,22). The number of aryl methyl sites for hydroxylation is 2. The molecule has 6 nitrogen and oxygen atoms in total. The molecule has 2 amide bonds. The smallest absolute Gasteiger partial charge is 0.321 e. The predicted octanol–water partition coefficient (Wildman–Crippen LogP) is 2.38. The number of nitrogens with zero attached hydrogens (tertiary/aromatic N) is 2. The van der Waals surface area contributed by atoms with Crippen LogP contribution >= 0.6 is 11.6 Å². The number of urea groups is 1. The van der Waals surface area contributed by atoms with Crippen LogP contribution in [0.25, 0.3) is 0 Å². The first kappa shape index (κ1) is 16.3. The average Bonchev–Trinajstić information content (AvgIpc) is 2.77. The number of carbonyl (C=O) groups excluding carboxylic acids is 1. The van der Waals surface area contributed by atoms with E-state index in [-0.39, 0.29) is 11.6 Å². The number of anilines is 1. The fourth-order valence-corrected chi connectivity index (χ4v) is 2.01. The molecule has 118 valence electrons. The Kier molecular flexibility index (Phi) is 4.99. The summed E-state index contributed by atoms with van der Waals surface area (Å²) in [6.45, 7) is 1.47. The Morgan fingerprint density at radius 3 is 2.77 bits per heavy atom. The molecule has 8 heteroatoms. The Morgan fingerprint density at radius 1 is 1.50 bits per heavy atom. The van der Waals surface area contributed by atoms with Crippen LogP contribution in [0.5, 0.6) is 0 Å². The second-order valence-corrected chi connectivity index (χ2v) is 5.21. The molecule has 2 aromatic rings. The number of aliphatic hydroxyl groups is 1. The van der Waals surface area contributed by atoms with Gasteiger partial charge in [0.2, 0.25) is 0 Å². The molecule has 0 aliphatic heterocycles. The summed E-state index contributed by atoms with van der Waals surface area (Å²) in [5, 5.41) is 18.6. The van der Waals surface area contributed by atoms with Crippen LogP contribution in [0.3, 0.4) is 0 Å². The zero-order valence-corrected chi connectivity index (χ0v) is 12.9. The highest BCUT2D eigenvalue weighted by molar-refractivity contribution is 6.30. The van der Waals surface area contributed by atoms with Crippen molar-refractivity contribution in [2.24, 2.45) is 7.05 Å². The zero-order chi connectivity index (χ0) is 16.3. The van der Waals surface area contributed by atoms with E-state index >= 15 is 0 Å². The van der Waals surface area contributed by atoms with Crippen LogP contribution in [0.15, 0.2) is 24.3 Å². The second-order valence-electron chi connectivity index (χ2n) is 4.80. The number of aliphatic hydroxyl groups excluding tert-OH is 1. The highest BCUT2D eigenvalue weighted by Crippen LogP contribution is 2.20. The van der Waals surface area contributed by atoms with Crippen LogP contribution in [0, 0.1) is 12.7 Å². The van der Waals surface area contributed by atoms with Crippen molar-refractivity contribution in [3.8, 4) is 0 Å². The molecule has 1 atom stereocenters. The summed E-state index contributed by atoms with van der Waals surface area (Å²) in [6.07, 6.45) is 0. The number of amides is 2. The highest BCUT2D eigenvalue weighted by Gasteiger charge is 2.16. The van der Waals surface area contributed by atoms with Gasteiger partial charge in [-0.25, -0.2) is 9.18 Å². The molecule has 1 heterocycles. The molecule has 0 saturated carbocycles. The van der Waals surface area contributed by atoms with Crippen LogP contribution in [0.2, 0.25) is 5.02 Å². The SMILES string of the molecule is Cc1cc(NC(=O)NC(CO)c2ccc(Cl)c(F)c2)nn1C. The molecule has 3 N–H and O–H groups in total. The normalized spacial score (nSPS) is 12.0. The molecule has 0 bridgehead atoms. The van der Waals surface area contributed by atoms with Gasteiger partial charge in [-0.15, -0.1) is 0 Å². The molecule has 22 heavy (non-hydrogen) atoms. The summed E-state index contributed by atoms with van der Waals surface area (Å²) in [5.41, 5.74) is 1.30. The number of carbonyl (C=O) groups is 1. The number of benzene rings is 1. The molecule has 1 unspecified atom stereocenters. The minimum absolute atomic E-state index is 0.0196. The number of rotatable bonds is 4. The van der Waals surface area contributed by atoms with Crippen molar-refractivity contribution in [3.05, 3.63) is 46.4 Å². The van der Waals surface area contributed by atoms with E-state index in [9.17, 15) is 14.3 Å². The highest BCUT2D eigenvalue weighted by atomic mass is 35.5. The van der Waals surface area contributed by atoms with Crippen LogP contribution in [0.1, 0.15) is 17.3 Å². The predicted molar refractivity (Wildman–Crippen MR) is 81.3 cm³/mol. The number of nitrogens with one attached hydrogen (secondary N) is 2. The van der Waals surface area contributed by atoms with Crippen LogP contribution in [-0.4, -0.2) is 27.5 Å². The maximum atomic E-state index is 13.5. The van der Waals surface area contributed by atoms with Crippen LogP contribution in [-0.2, 0) is 7.05 Å². The number of hydrogen-bond donors (Lipinski definition) is 3. The zero-order valence-electron chi connectivity index (χ0n) is 12.1.